The molecule has 1 aromatic rings. The van der Waals surface area contributed by atoms with Crippen LogP contribution in [0.2, 0.25) is 0 Å². The lowest BCUT2D eigenvalue weighted by molar-refractivity contribution is -0.136. The highest BCUT2D eigenvalue weighted by atomic mass is 79.9. The van der Waals surface area contributed by atoms with Gasteiger partial charge in [-0.2, -0.15) is 0 Å². The van der Waals surface area contributed by atoms with Crippen molar-refractivity contribution in [1.29, 1.82) is 0 Å². The number of fused-ring (bicyclic) bond motifs is 1. The highest BCUT2D eigenvalue weighted by Crippen LogP contribution is 2.56. The molecular weight excluding hydrogens is 396 g/mol. The Balaban J connectivity index is 1.91. The van der Waals surface area contributed by atoms with E-state index in [1.807, 2.05) is 12.1 Å². The number of hydrogen-bond acceptors (Lipinski definition) is 4. The topological polar surface area (TPSA) is 52.6 Å². The quantitative estimate of drug-likeness (QED) is 0.464. The Hall–Kier alpha value is -1.72. The van der Waals surface area contributed by atoms with Crippen molar-refractivity contribution in [3.05, 3.63) is 53.0 Å². The molecule has 0 bridgehead atoms. The second-order valence-corrected chi connectivity index (χ2v) is 7.70. The Labute approximate surface area is 162 Å². The average Bonchev–Trinajstić information content (AvgIpc) is 3.38. The molecule has 3 unspecified atom stereocenters. The van der Waals surface area contributed by atoms with Crippen LogP contribution in [0, 0.1) is 11.3 Å². The van der Waals surface area contributed by atoms with Gasteiger partial charge in [-0.25, -0.2) is 0 Å². The number of carbonyl (C=O) groups excluding carboxylic acids is 2. The van der Waals surface area contributed by atoms with Gasteiger partial charge in [0.15, 0.2) is 0 Å². The summed E-state index contributed by atoms with van der Waals surface area (Å²) in [7, 11) is 0. The first-order valence-corrected chi connectivity index (χ1v) is 9.58. The van der Waals surface area contributed by atoms with Crippen LogP contribution in [0.15, 0.2) is 41.9 Å². The van der Waals surface area contributed by atoms with Gasteiger partial charge in [0.25, 0.3) is 0 Å². The molecule has 1 aromatic carbocycles. The van der Waals surface area contributed by atoms with Gasteiger partial charge in [-0.3, -0.25) is 9.59 Å². The van der Waals surface area contributed by atoms with Crippen molar-refractivity contribution >= 4 is 27.5 Å². The van der Waals surface area contributed by atoms with E-state index in [4.69, 9.17) is 9.47 Å². The van der Waals surface area contributed by atoms with Gasteiger partial charge >= 0.3 is 0 Å². The molecule has 1 saturated carbocycles. The molecule has 1 fully saturated rings. The molecular formula is C21H23BrO4. The van der Waals surface area contributed by atoms with E-state index in [9.17, 15) is 9.59 Å². The maximum Gasteiger partial charge on any atom is 0.149 e. The minimum atomic E-state index is -0.906. The summed E-state index contributed by atoms with van der Waals surface area (Å²) in [5.74, 6) is 0.492. The molecule has 3 rings (SSSR count). The number of hydrogen-bond donors (Lipinski definition) is 0. The Morgan fingerprint density at radius 2 is 2.19 bits per heavy atom. The summed E-state index contributed by atoms with van der Waals surface area (Å²) in [6.07, 6.45) is 4.46. The SMILES string of the molecule is C=CCOc1ccc(Br)c2c1C(CC(=O)C1(C(C)=O)CC1C=C)OCC2. The molecule has 2 aliphatic rings. The van der Waals surface area contributed by atoms with Crippen LogP contribution in [0.4, 0.5) is 0 Å². The first kappa shape index (κ1) is 19.1. The lowest BCUT2D eigenvalue weighted by Gasteiger charge is -2.29. The number of rotatable bonds is 8. The summed E-state index contributed by atoms with van der Waals surface area (Å²) >= 11 is 3.59. The molecule has 0 N–H and O–H groups in total. The van der Waals surface area contributed by atoms with Gasteiger partial charge in [0, 0.05) is 16.5 Å². The number of Topliss-reactive ketones (excluding diaryl/α,β-unsaturated/α-hetero) is 2. The summed E-state index contributed by atoms with van der Waals surface area (Å²) in [4.78, 5) is 25.1. The van der Waals surface area contributed by atoms with Crippen molar-refractivity contribution in [2.45, 2.75) is 32.3 Å². The van der Waals surface area contributed by atoms with Crippen molar-refractivity contribution < 1.29 is 19.1 Å². The molecule has 138 valence electrons. The van der Waals surface area contributed by atoms with E-state index in [0.717, 1.165) is 22.0 Å². The maximum atomic E-state index is 13.0. The van der Waals surface area contributed by atoms with E-state index >= 15 is 0 Å². The van der Waals surface area contributed by atoms with E-state index < -0.39 is 11.5 Å². The zero-order valence-corrected chi connectivity index (χ0v) is 16.5. The highest BCUT2D eigenvalue weighted by molar-refractivity contribution is 9.10. The van der Waals surface area contributed by atoms with Crippen molar-refractivity contribution in [2.24, 2.45) is 11.3 Å². The van der Waals surface area contributed by atoms with Gasteiger partial charge in [-0.15, -0.1) is 6.58 Å². The molecule has 0 aromatic heterocycles. The predicted molar refractivity (Wildman–Crippen MR) is 103 cm³/mol. The summed E-state index contributed by atoms with van der Waals surface area (Å²) in [6, 6.07) is 3.83. The molecule has 0 saturated heterocycles. The minimum Gasteiger partial charge on any atom is -0.489 e. The van der Waals surface area contributed by atoms with E-state index in [1.165, 1.54) is 6.92 Å². The zero-order valence-electron chi connectivity index (χ0n) is 14.9. The molecule has 0 amide bonds. The van der Waals surface area contributed by atoms with Gasteiger partial charge in [0.2, 0.25) is 0 Å². The van der Waals surface area contributed by atoms with Gasteiger partial charge < -0.3 is 9.47 Å². The second kappa shape index (κ2) is 7.49. The summed E-state index contributed by atoms with van der Waals surface area (Å²) < 4.78 is 12.7. The number of ether oxygens (including phenoxy) is 2. The third kappa shape index (κ3) is 3.19. The maximum absolute atomic E-state index is 13.0. The first-order valence-electron chi connectivity index (χ1n) is 8.79. The Bertz CT molecular complexity index is 770. The normalized spacial score (nSPS) is 26.5. The molecule has 1 aliphatic carbocycles. The Kier molecular flexibility index (Phi) is 5.49. The Morgan fingerprint density at radius 1 is 1.42 bits per heavy atom. The molecule has 0 radical (unpaired) electrons. The van der Waals surface area contributed by atoms with Crippen molar-refractivity contribution in [1.82, 2.24) is 0 Å². The van der Waals surface area contributed by atoms with E-state index in [2.05, 4.69) is 29.1 Å². The minimum absolute atomic E-state index is 0.0606. The van der Waals surface area contributed by atoms with Crippen LogP contribution in [0.5, 0.6) is 5.75 Å². The number of benzene rings is 1. The van der Waals surface area contributed by atoms with Crippen molar-refractivity contribution in [3.63, 3.8) is 0 Å². The number of carbonyl (C=O) groups is 2. The first-order chi connectivity index (χ1) is 12.5. The fourth-order valence-electron chi connectivity index (χ4n) is 3.89. The number of ketones is 2. The highest BCUT2D eigenvalue weighted by Gasteiger charge is 2.61. The van der Waals surface area contributed by atoms with Gasteiger partial charge in [0.05, 0.1) is 18.1 Å². The molecule has 4 nitrogen and oxygen atoms in total. The van der Waals surface area contributed by atoms with E-state index in [-0.39, 0.29) is 23.9 Å². The van der Waals surface area contributed by atoms with E-state index in [0.29, 0.717) is 25.4 Å². The van der Waals surface area contributed by atoms with Crippen LogP contribution in [0.1, 0.15) is 37.0 Å². The standard InChI is InChI=1S/C21H23BrO4/c1-4-9-25-17-7-6-16(22)15-8-10-26-18(20(15)17)11-19(24)21(13(3)23)12-14(21)5-2/h4-7,14,18H,1-2,8-12H2,3H3. The van der Waals surface area contributed by atoms with Gasteiger partial charge in [-0.05, 0) is 43.4 Å². The summed E-state index contributed by atoms with van der Waals surface area (Å²) in [5.41, 5.74) is 1.09. The third-order valence-electron chi connectivity index (χ3n) is 5.41. The fourth-order valence-corrected chi connectivity index (χ4v) is 4.43. The largest absolute Gasteiger partial charge is 0.489 e. The number of halogens is 1. The Morgan fingerprint density at radius 3 is 2.81 bits per heavy atom. The third-order valence-corrected chi connectivity index (χ3v) is 6.15. The zero-order chi connectivity index (χ0) is 18.9. The van der Waals surface area contributed by atoms with Crippen LogP contribution in [-0.4, -0.2) is 24.8 Å². The molecule has 5 heteroatoms. The summed E-state index contributed by atoms with van der Waals surface area (Å²) in [6.45, 7) is 9.84. The molecule has 1 heterocycles. The number of allylic oxidation sites excluding steroid dienone is 1. The van der Waals surface area contributed by atoms with Crippen LogP contribution in [-0.2, 0) is 20.7 Å². The molecule has 3 atom stereocenters. The van der Waals surface area contributed by atoms with Crippen LogP contribution >= 0.6 is 15.9 Å². The average molecular weight is 419 g/mol. The second-order valence-electron chi connectivity index (χ2n) is 6.85. The molecule has 0 spiro atoms. The van der Waals surface area contributed by atoms with Crippen molar-refractivity contribution in [2.75, 3.05) is 13.2 Å². The smallest absolute Gasteiger partial charge is 0.149 e. The van der Waals surface area contributed by atoms with Crippen LogP contribution in [0.3, 0.4) is 0 Å². The van der Waals surface area contributed by atoms with Crippen molar-refractivity contribution in [3.8, 4) is 5.75 Å². The van der Waals surface area contributed by atoms with Gasteiger partial charge in [0.1, 0.15) is 23.9 Å². The fraction of sp³-hybridized carbons (Fsp3) is 0.429. The summed E-state index contributed by atoms with van der Waals surface area (Å²) in [5, 5.41) is 0. The molecule has 26 heavy (non-hydrogen) atoms. The van der Waals surface area contributed by atoms with Crippen LogP contribution in [0.25, 0.3) is 0 Å². The predicted octanol–water partition coefficient (Wildman–Crippen LogP) is 4.37. The molecule has 1 aliphatic heterocycles. The van der Waals surface area contributed by atoms with Crippen LogP contribution < -0.4 is 4.74 Å². The lowest BCUT2D eigenvalue weighted by Crippen LogP contribution is -2.29. The van der Waals surface area contributed by atoms with E-state index in [1.54, 1.807) is 12.2 Å². The van der Waals surface area contributed by atoms with Gasteiger partial charge in [-0.1, -0.05) is 34.7 Å². The lowest BCUT2D eigenvalue weighted by atomic mass is 9.86. The monoisotopic (exact) mass is 418 g/mol.